The zero-order chi connectivity index (χ0) is 12.1. The predicted octanol–water partition coefficient (Wildman–Crippen LogP) is 2.38. The van der Waals surface area contributed by atoms with Crippen molar-refractivity contribution >= 4 is 11.8 Å². The van der Waals surface area contributed by atoms with E-state index >= 15 is 0 Å². The van der Waals surface area contributed by atoms with Gasteiger partial charge in [0.2, 0.25) is 0 Å². The molecule has 0 saturated heterocycles. The van der Waals surface area contributed by atoms with Crippen LogP contribution in [0.1, 0.15) is 30.5 Å². The molecule has 2 atom stereocenters. The monoisotopic (exact) mass is 251 g/mol. The minimum atomic E-state index is -0.268. The maximum Gasteiger partial charge on any atom is 0.0742 e. The topological polar surface area (TPSA) is 32.3 Å². The van der Waals surface area contributed by atoms with E-state index in [1.807, 2.05) is 11.8 Å². The summed E-state index contributed by atoms with van der Waals surface area (Å²) in [5.74, 6) is 2.17. The summed E-state index contributed by atoms with van der Waals surface area (Å²) in [6.07, 6.45) is 1.67. The number of hydrogen-bond donors (Lipinski definition) is 2. The van der Waals surface area contributed by atoms with Crippen LogP contribution < -0.4 is 5.32 Å². The molecule has 0 bridgehead atoms. The van der Waals surface area contributed by atoms with Gasteiger partial charge in [-0.25, -0.2) is 0 Å². The highest BCUT2D eigenvalue weighted by Crippen LogP contribution is 2.27. The van der Waals surface area contributed by atoms with E-state index in [2.05, 4.69) is 36.5 Å². The summed E-state index contributed by atoms with van der Waals surface area (Å²) in [5.41, 5.74) is 2.67. The van der Waals surface area contributed by atoms with Gasteiger partial charge in [-0.05, 0) is 42.0 Å². The zero-order valence-corrected chi connectivity index (χ0v) is 11.2. The lowest BCUT2D eigenvalue weighted by molar-refractivity contribution is 0.121. The van der Waals surface area contributed by atoms with Crippen molar-refractivity contribution in [1.29, 1.82) is 0 Å². The summed E-state index contributed by atoms with van der Waals surface area (Å²) in [6, 6.07) is 8.59. The summed E-state index contributed by atoms with van der Waals surface area (Å²) in [5, 5.41) is 13.7. The first kappa shape index (κ1) is 12.9. The number of hydrogen-bond acceptors (Lipinski definition) is 3. The Morgan fingerprint density at radius 1 is 1.47 bits per heavy atom. The van der Waals surface area contributed by atoms with E-state index in [4.69, 9.17) is 0 Å². The first-order valence-electron chi connectivity index (χ1n) is 6.40. The third kappa shape index (κ3) is 3.24. The van der Waals surface area contributed by atoms with Gasteiger partial charge in [0.05, 0.1) is 12.1 Å². The van der Waals surface area contributed by atoms with Gasteiger partial charge in [-0.3, -0.25) is 0 Å². The van der Waals surface area contributed by atoms with Crippen molar-refractivity contribution in [3.63, 3.8) is 0 Å². The summed E-state index contributed by atoms with van der Waals surface area (Å²) in [6.45, 7) is 3.13. The Hall–Kier alpha value is -0.510. The van der Waals surface area contributed by atoms with E-state index in [0.717, 1.165) is 30.9 Å². The second-order valence-corrected chi connectivity index (χ2v) is 5.83. The van der Waals surface area contributed by atoms with Crippen LogP contribution in [-0.4, -0.2) is 29.3 Å². The number of benzene rings is 1. The number of fused-ring (bicyclic) bond motifs is 1. The van der Waals surface area contributed by atoms with Crippen LogP contribution in [-0.2, 0) is 6.42 Å². The van der Waals surface area contributed by atoms with Crippen molar-refractivity contribution in [3.8, 4) is 0 Å². The third-order valence-corrected chi connectivity index (χ3v) is 4.23. The summed E-state index contributed by atoms with van der Waals surface area (Å²) in [7, 11) is 0. The summed E-state index contributed by atoms with van der Waals surface area (Å²) in [4.78, 5) is 0. The Balaban J connectivity index is 2.02. The van der Waals surface area contributed by atoms with Crippen molar-refractivity contribution < 1.29 is 5.11 Å². The molecule has 2 N–H and O–H groups in total. The van der Waals surface area contributed by atoms with Gasteiger partial charge in [0.1, 0.15) is 0 Å². The van der Waals surface area contributed by atoms with Crippen molar-refractivity contribution in [2.24, 2.45) is 0 Å². The average molecular weight is 251 g/mol. The number of aliphatic hydroxyl groups excluding tert-OH is 1. The van der Waals surface area contributed by atoms with E-state index in [0.29, 0.717) is 0 Å². The number of thioether (sulfide) groups is 1. The van der Waals surface area contributed by atoms with Crippen molar-refractivity contribution in [2.45, 2.75) is 31.9 Å². The van der Waals surface area contributed by atoms with Gasteiger partial charge in [0, 0.05) is 0 Å². The first-order valence-corrected chi connectivity index (χ1v) is 7.55. The largest absolute Gasteiger partial charge is 0.391 e. The smallest absolute Gasteiger partial charge is 0.0742 e. The standard InChI is InChI=1S/C14H21NOS/c1-2-17-10-8-13(16)14-12-6-4-3-5-11(12)7-9-15-14/h3-6,13-16H,2,7-10H2,1H3. The van der Waals surface area contributed by atoms with Gasteiger partial charge >= 0.3 is 0 Å². The summed E-state index contributed by atoms with van der Waals surface area (Å²) < 4.78 is 0. The van der Waals surface area contributed by atoms with Gasteiger partial charge in [-0.1, -0.05) is 31.2 Å². The average Bonchev–Trinajstić information content (AvgIpc) is 2.38. The second-order valence-electron chi connectivity index (χ2n) is 4.43. The van der Waals surface area contributed by atoms with E-state index in [1.165, 1.54) is 11.1 Å². The lowest BCUT2D eigenvalue weighted by atomic mass is 9.90. The van der Waals surface area contributed by atoms with Crippen LogP contribution >= 0.6 is 11.8 Å². The quantitative estimate of drug-likeness (QED) is 0.788. The van der Waals surface area contributed by atoms with Gasteiger partial charge in [-0.15, -0.1) is 0 Å². The number of aliphatic hydroxyl groups is 1. The Morgan fingerprint density at radius 3 is 3.12 bits per heavy atom. The minimum Gasteiger partial charge on any atom is -0.391 e. The summed E-state index contributed by atoms with van der Waals surface area (Å²) >= 11 is 1.89. The molecule has 0 amide bonds. The number of nitrogens with one attached hydrogen (secondary N) is 1. The molecule has 94 valence electrons. The molecule has 1 aromatic carbocycles. The predicted molar refractivity (Wildman–Crippen MR) is 74.5 cm³/mol. The fourth-order valence-electron chi connectivity index (χ4n) is 2.40. The van der Waals surface area contributed by atoms with Gasteiger partial charge in [0.25, 0.3) is 0 Å². The highest BCUT2D eigenvalue weighted by Gasteiger charge is 2.25. The molecule has 2 unspecified atom stereocenters. The molecule has 17 heavy (non-hydrogen) atoms. The van der Waals surface area contributed by atoms with Gasteiger partial charge in [0.15, 0.2) is 0 Å². The van der Waals surface area contributed by atoms with Crippen molar-refractivity contribution in [1.82, 2.24) is 5.32 Å². The molecule has 1 heterocycles. The third-order valence-electron chi connectivity index (χ3n) is 3.30. The van der Waals surface area contributed by atoms with E-state index < -0.39 is 0 Å². The lowest BCUT2D eigenvalue weighted by Gasteiger charge is -2.30. The molecule has 3 heteroatoms. The Kier molecular flexibility index (Phi) is 4.89. The van der Waals surface area contributed by atoms with Gasteiger partial charge < -0.3 is 10.4 Å². The molecular weight excluding hydrogens is 230 g/mol. The van der Waals surface area contributed by atoms with E-state index in [1.54, 1.807) is 0 Å². The fourth-order valence-corrected chi connectivity index (χ4v) is 3.09. The molecule has 1 aliphatic heterocycles. The van der Waals surface area contributed by atoms with Crippen LogP contribution in [0.2, 0.25) is 0 Å². The molecule has 0 fully saturated rings. The first-order chi connectivity index (χ1) is 8.33. The Bertz CT molecular complexity index is 356. The molecule has 2 rings (SSSR count). The van der Waals surface area contributed by atoms with Crippen LogP contribution in [0.25, 0.3) is 0 Å². The van der Waals surface area contributed by atoms with Crippen LogP contribution in [0.3, 0.4) is 0 Å². The zero-order valence-electron chi connectivity index (χ0n) is 10.4. The molecule has 0 spiro atoms. The minimum absolute atomic E-state index is 0.123. The highest BCUT2D eigenvalue weighted by molar-refractivity contribution is 7.99. The maximum atomic E-state index is 10.3. The van der Waals surface area contributed by atoms with Crippen LogP contribution in [0.5, 0.6) is 0 Å². The lowest BCUT2D eigenvalue weighted by Crippen LogP contribution is -2.37. The maximum absolute atomic E-state index is 10.3. The van der Waals surface area contributed by atoms with Crippen LogP contribution in [0.15, 0.2) is 24.3 Å². The molecule has 0 aliphatic carbocycles. The Labute approximate surface area is 108 Å². The molecular formula is C14H21NOS. The molecule has 0 saturated carbocycles. The normalized spacial score (nSPS) is 20.9. The second kappa shape index (κ2) is 6.43. The molecule has 1 aromatic rings. The van der Waals surface area contributed by atoms with Crippen molar-refractivity contribution in [3.05, 3.63) is 35.4 Å². The number of rotatable bonds is 5. The Morgan fingerprint density at radius 2 is 2.29 bits per heavy atom. The van der Waals surface area contributed by atoms with E-state index in [9.17, 15) is 5.11 Å². The van der Waals surface area contributed by atoms with Crippen molar-refractivity contribution in [2.75, 3.05) is 18.1 Å². The molecule has 1 aliphatic rings. The molecule has 0 aromatic heterocycles. The highest BCUT2D eigenvalue weighted by atomic mass is 32.2. The fraction of sp³-hybridized carbons (Fsp3) is 0.571. The van der Waals surface area contributed by atoms with Crippen LogP contribution in [0.4, 0.5) is 0 Å². The van der Waals surface area contributed by atoms with Gasteiger partial charge in [-0.2, -0.15) is 11.8 Å². The van der Waals surface area contributed by atoms with E-state index in [-0.39, 0.29) is 12.1 Å². The SMILES string of the molecule is CCSCCC(O)C1NCCc2ccccc21. The molecule has 2 nitrogen and oxygen atoms in total. The van der Waals surface area contributed by atoms with Crippen LogP contribution in [0, 0.1) is 0 Å². The molecule has 0 radical (unpaired) electrons.